The predicted octanol–water partition coefficient (Wildman–Crippen LogP) is 3.77. The van der Waals surface area contributed by atoms with Crippen LogP contribution in [0.15, 0.2) is 30.3 Å². The van der Waals surface area contributed by atoms with Gasteiger partial charge in [-0.05, 0) is 12.8 Å². The molecule has 2 heterocycles. The molecule has 0 saturated carbocycles. The summed E-state index contributed by atoms with van der Waals surface area (Å²) in [6, 6.07) is 8.32. The lowest BCUT2D eigenvalue weighted by atomic mass is 9.98. The Bertz CT molecular complexity index is 820. The van der Waals surface area contributed by atoms with Crippen LogP contribution < -0.4 is 0 Å². The third kappa shape index (κ3) is 3.72. The Morgan fingerprint density at radius 1 is 1.23 bits per heavy atom. The van der Waals surface area contributed by atoms with Crippen LogP contribution in [-0.4, -0.2) is 40.0 Å². The van der Waals surface area contributed by atoms with Gasteiger partial charge in [0.15, 0.2) is 5.69 Å². The van der Waals surface area contributed by atoms with E-state index in [-0.39, 0.29) is 18.1 Å². The quantitative estimate of drug-likeness (QED) is 0.875. The number of aromatic nitrogens is 1. The van der Waals surface area contributed by atoms with Crippen molar-refractivity contribution in [1.82, 2.24) is 9.88 Å². The Kier molecular flexibility index (Phi) is 4.99. The van der Waals surface area contributed by atoms with Crippen LogP contribution in [0.5, 0.6) is 0 Å². The summed E-state index contributed by atoms with van der Waals surface area (Å²) in [7, 11) is 0. The van der Waals surface area contributed by atoms with Crippen molar-refractivity contribution in [3.05, 3.63) is 40.9 Å². The molecule has 0 spiro atoms. The molecule has 1 atom stereocenters. The van der Waals surface area contributed by atoms with Crippen molar-refractivity contribution in [2.24, 2.45) is 5.92 Å². The number of aliphatic carboxylic acids is 1. The van der Waals surface area contributed by atoms with Crippen molar-refractivity contribution in [3.63, 3.8) is 0 Å². The molecule has 1 N–H and O–H groups in total. The van der Waals surface area contributed by atoms with Crippen LogP contribution in [0, 0.1) is 5.92 Å². The van der Waals surface area contributed by atoms with Crippen molar-refractivity contribution < 1.29 is 27.9 Å². The fourth-order valence-corrected chi connectivity index (χ4v) is 3.93. The highest BCUT2D eigenvalue weighted by atomic mass is 32.1. The Balaban J connectivity index is 1.96. The van der Waals surface area contributed by atoms with Gasteiger partial charge in [-0.15, -0.1) is 11.3 Å². The number of piperidine rings is 1. The predicted molar refractivity (Wildman–Crippen MR) is 88.8 cm³/mol. The number of hydrogen-bond donors (Lipinski definition) is 1. The zero-order chi connectivity index (χ0) is 18.9. The minimum Gasteiger partial charge on any atom is -0.481 e. The lowest BCUT2D eigenvalue weighted by Crippen LogP contribution is -2.42. The summed E-state index contributed by atoms with van der Waals surface area (Å²) in [4.78, 5) is 28.2. The number of hydrogen-bond acceptors (Lipinski definition) is 4. The van der Waals surface area contributed by atoms with Gasteiger partial charge in [0, 0.05) is 18.7 Å². The summed E-state index contributed by atoms with van der Waals surface area (Å²) in [6.07, 6.45) is -3.92. The molecule has 26 heavy (non-hydrogen) atoms. The molecule has 1 aliphatic heterocycles. The Morgan fingerprint density at radius 2 is 1.92 bits per heavy atom. The van der Waals surface area contributed by atoms with E-state index >= 15 is 0 Å². The van der Waals surface area contributed by atoms with Crippen molar-refractivity contribution in [1.29, 1.82) is 0 Å². The van der Waals surface area contributed by atoms with Crippen LogP contribution in [0.25, 0.3) is 10.6 Å². The number of nitrogens with zero attached hydrogens (tertiary/aromatic N) is 2. The molecule has 0 radical (unpaired) electrons. The van der Waals surface area contributed by atoms with Gasteiger partial charge in [-0.3, -0.25) is 9.59 Å². The lowest BCUT2D eigenvalue weighted by Gasteiger charge is -2.30. The topological polar surface area (TPSA) is 70.5 Å². The maximum absolute atomic E-state index is 13.4. The van der Waals surface area contributed by atoms with Crippen LogP contribution in [0.3, 0.4) is 0 Å². The third-order valence-electron chi connectivity index (χ3n) is 4.17. The zero-order valence-corrected chi connectivity index (χ0v) is 14.3. The average molecular weight is 384 g/mol. The second-order valence-corrected chi connectivity index (χ2v) is 6.99. The lowest BCUT2D eigenvalue weighted by molar-refractivity contribution is -0.143. The molecule has 1 unspecified atom stereocenters. The second kappa shape index (κ2) is 7.06. The molecule has 1 aliphatic rings. The highest BCUT2D eigenvalue weighted by Crippen LogP contribution is 2.38. The van der Waals surface area contributed by atoms with E-state index in [1.807, 2.05) is 0 Å². The largest absolute Gasteiger partial charge is 0.481 e. The maximum Gasteiger partial charge on any atom is 0.435 e. The first-order chi connectivity index (χ1) is 12.3. The maximum atomic E-state index is 13.4. The van der Waals surface area contributed by atoms with E-state index in [1.165, 1.54) is 4.90 Å². The van der Waals surface area contributed by atoms with Gasteiger partial charge in [-0.25, -0.2) is 4.98 Å². The standard InChI is InChI=1S/C17H15F3N2O3S/c18-17(19,20)13-12(26-14(21-13)10-5-2-1-3-6-10)15(23)22-8-4-7-11(9-22)16(24)25/h1-3,5-6,11H,4,7-9H2,(H,24,25). The Labute approximate surface area is 151 Å². The highest BCUT2D eigenvalue weighted by molar-refractivity contribution is 7.17. The molecule has 5 nitrogen and oxygen atoms in total. The normalized spacial score (nSPS) is 18.0. The summed E-state index contributed by atoms with van der Waals surface area (Å²) in [6.45, 7) is 0.141. The van der Waals surface area contributed by atoms with Crippen molar-refractivity contribution in [2.45, 2.75) is 19.0 Å². The molecule has 1 aromatic carbocycles. The molecule has 3 rings (SSSR count). The van der Waals surface area contributed by atoms with Gasteiger partial charge in [0.1, 0.15) is 9.88 Å². The van der Waals surface area contributed by atoms with Gasteiger partial charge in [-0.2, -0.15) is 13.2 Å². The van der Waals surface area contributed by atoms with Gasteiger partial charge >= 0.3 is 12.1 Å². The van der Waals surface area contributed by atoms with E-state index in [0.717, 1.165) is 0 Å². The summed E-state index contributed by atoms with van der Waals surface area (Å²) >= 11 is 0.681. The van der Waals surface area contributed by atoms with Crippen molar-refractivity contribution >= 4 is 23.2 Å². The number of carbonyl (C=O) groups is 2. The van der Waals surface area contributed by atoms with Gasteiger partial charge in [0.25, 0.3) is 5.91 Å². The number of rotatable bonds is 3. The van der Waals surface area contributed by atoms with E-state index in [2.05, 4.69) is 4.98 Å². The van der Waals surface area contributed by atoms with E-state index in [1.54, 1.807) is 30.3 Å². The van der Waals surface area contributed by atoms with E-state index in [4.69, 9.17) is 5.11 Å². The number of benzene rings is 1. The fourth-order valence-electron chi connectivity index (χ4n) is 2.87. The smallest absolute Gasteiger partial charge is 0.435 e. The fraction of sp³-hybridized carbons (Fsp3) is 0.353. The molecule has 0 bridgehead atoms. The number of likely N-dealkylation sites (tertiary alicyclic amines) is 1. The molecule has 1 fully saturated rings. The first-order valence-corrected chi connectivity index (χ1v) is 8.74. The van der Waals surface area contributed by atoms with Crippen molar-refractivity contribution in [2.75, 3.05) is 13.1 Å². The highest BCUT2D eigenvalue weighted by Gasteiger charge is 2.41. The number of amides is 1. The average Bonchev–Trinajstić information content (AvgIpc) is 3.08. The summed E-state index contributed by atoms with van der Waals surface area (Å²) in [5.41, 5.74) is -0.729. The van der Waals surface area contributed by atoms with Gasteiger partial charge in [-0.1, -0.05) is 30.3 Å². The molecular formula is C17H15F3N2O3S. The summed E-state index contributed by atoms with van der Waals surface area (Å²) < 4.78 is 40.2. The second-order valence-electron chi connectivity index (χ2n) is 5.99. The zero-order valence-electron chi connectivity index (χ0n) is 13.5. The minimum absolute atomic E-state index is 0.0932. The first kappa shape index (κ1) is 18.4. The minimum atomic E-state index is -4.77. The van der Waals surface area contributed by atoms with Gasteiger partial charge in [0.05, 0.1) is 5.92 Å². The summed E-state index contributed by atoms with van der Waals surface area (Å²) in [5.74, 6) is -2.63. The van der Waals surface area contributed by atoms with Crippen LogP contribution in [0.1, 0.15) is 28.2 Å². The van der Waals surface area contributed by atoms with E-state index < -0.39 is 34.5 Å². The Hall–Kier alpha value is -2.42. The number of thiazole rings is 1. The number of carbonyl (C=O) groups excluding carboxylic acids is 1. The van der Waals surface area contributed by atoms with Crippen LogP contribution in [0.4, 0.5) is 13.2 Å². The molecule has 0 aliphatic carbocycles. The van der Waals surface area contributed by atoms with E-state index in [9.17, 15) is 22.8 Å². The number of carboxylic acid groups (broad SMARTS) is 1. The number of carboxylic acids is 1. The van der Waals surface area contributed by atoms with Gasteiger partial charge in [0.2, 0.25) is 0 Å². The van der Waals surface area contributed by atoms with Gasteiger partial charge < -0.3 is 10.0 Å². The van der Waals surface area contributed by atoms with Crippen LogP contribution in [0.2, 0.25) is 0 Å². The van der Waals surface area contributed by atoms with E-state index in [0.29, 0.717) is 29.7 Å². The molecule has 138 valence electrons. The monoisotopic (exact) mass is 384 g/mol. The Morgan fingerprint density at radius 3 is 2.54 bits per heavy atom. The molecule has 1 aromatic heterocycles. The SMILES string of the molecule is O=C(O)C1CCCN(C(=O)c2sc(-c3ccccc3)nc2C(F)(F)F)C1. The summed E-state index contributed by atoms with van der Waals surface area (Å²) in [5, 5.41) is 9.22. The third-order valence-corrected chi connectivity index (χ3v) is 5.26. The molecule has 1 amide bonds. The molecular weight excluding hydrogens is 369 g/mol. The number of halogens is 3. The van der Waals surface area contributed by atoms with Crippen molar-refractivity contribution in [3.8, 4) is 10.6 Å². The molecule has 1 saturated heterocycles. The molecule has 9 heteroatoms. The van der Waals surface area contributed by atoms with Crippen LogP contribution >= 0.6 is 11.3 Å². The number of alkyl halides is 3. The van der Waals surface area contributed by atoms with Crippen LogP contribution in [-0.2, 0) is 11.0 Å². The first-order valence-electron chi connectivity index (χ1n) is 7.93. The molecule has 2 aromatic rings.